The summed E-state index contributed by atoms with van der Waals surface area (Å²) in [5, 5.41) is 13.3. The number of phenols is 1. The molecule has 4 nitrogen and oxygen atoms in total. The van der Waals surface area contributed by atoms with Crippen LogP contribution in [0.15, 0.2) is 18.2 Å². The number of hydrogen-bond acceptors (Lipinski definition) is 4. The number of alkyl halides is 1. The Balaban J connectivity index is 2.26. The van der Waals surface area contributed by atoms with Gasteiger partial charge in [-0.25, -0.2) is 0 Å². The van der Waals surface area contributed by atoms with Gasteiger partial charge in [0.1, 0.15) is 11.5 Å². The zero-order chi connectivity index (χ0) is 13.7. The van der Waals surface area contributed by atoms with Crippen LogP contribution < -0.4 is 10.1 Å². The predicted molar refractivity (Wildman–Crippen MR) is 72.4 cm³/mol. The fraction of sp³-hybridized carbons (Fsp3) is 0.571. The average Bonchev–Trinajstić information content (AvgIpc) is 2.47. The number of nitrogens with zero attached hydrogens (tertiary/aromatic N) is 1. The Morgan fingerprint density at radius 1 is 1.42 bits per heavy atom. The standard InChI is InChI=1S/C14H21FN2O2/c1-19-11-2-3-14(18)12(10-11)13(4-5-15)17-8-6-16-7-9-17/h2-3,10,13,16,18H,4-9H2,1H3/t13-/m1/s1. The number of halogens is 1. The molecule has 0 saturated carbocycles. The molecule has 1 atom stereocenters. The van der Waals surface area contributed by atoms with Gasteiger partial charge in [0.05, 0.1) is 13.8 Å². The zero-order valence-corrected chi connectivity index (χ0v) is 11.2. The first-order chi connectivity index (χ1) is 9.26. The first kappa shape index (κ1) is 14.1. The van der Waals surface area contributed by atoms with Gasteiger partial charge < -0.3 is 15.2 Å². The van der Waals surface area contributed by atoms with Crippen LogP contribution in [0.2, 0.25) is 0 Å². The number of hydrogen-bond donors (Lipinski definition) is 2. The van der Waals surface area contributed by atoms with Crippen LogP contribution in [0, 0.1) is 0 Å². The number of nitrogens with one attached hydrogen (secondary N) is 1. The minimum absolute atomic E-state index is 0.0952. The smallest absolute Gasteiger partial charge is 0.120 e. The van der Waals surface area contributed by atoms with Gasteiger partial charge >= 0.3 is 0 Å². The van der Waals surface area contributed by atoms with Crippen LogP contribution in [0.1, 0.15) is 18.0 Å². The van der Waals surface area contributed by atoms with E-state index in [1.165, 1.54) is 0 Å². The monoisotopic (exact) mass is 268 g/mol. The third-order valence-electron chi connectivity index (χ3n) is 3.57. The molecule has 1 aliphatic heterocycles. The number of ether oxygens (including phenoxy) is 1. The normalized spacial score (nSPS) is 18.2. The molecule has 0 aromatic heterocycles. The highest BCUT2D eigenvalue weighted by atomic mass is 19.1. The summed E-state index contributed by atoms with van der Waals surface area (Å²) in [6, 6.07) is 5.03. The molecule has 0 spiro atoms. The lowest BCUT2D eigenvalue weighted by molar-refractivity contribution is 0.155. The quantitative estimate of drug-likeness (QED) is 0.853. The lowest BCUT2D eigenvalue weighted by Crippen LogP contribution is -2.45. The average molecular weight is 268 g/mol. The van der Waals surface area contributed by atoms with Crippen molar-refractivity contribution >= 4 is 0 Å². The second-order valence-corrected chi connectivity index (χ2v) is 4.70. The van der Waals surface area contributed by atoms with Crippen LogP contribution in [-0.4, -0.2) is 50.0 Å². The molecule has 1 aliphatic rings. The van der Waals surface area contributed by atoms with Crippen LogP contribution in [0.5, 0.6) is 11.5 Å². The van der Waals surface area contributed by atoms with E-state index in [0.717, 1.165) is 31.7 Å². The summed E-state index contributed by atoms with van der Waals surface area (Å²) in [6.07, 6.45) is 0.390. The molecule has 0 radical (unpaired) electrons. The fourth-order valence-corrected chi connectivity index (χ4v) is 2.56. The molecule has 0 aliphatic carbocycles. The van der Waals surface area contributed by atoms with Crippen molar-refractivity contribution in [2.45, 2.75) is 12.5 Å². The summed E-state index contributed by atoms with van der Waals surface area (Å²) in [5.41, 5.74) is 0.749. The van der Waals surface area contributed by atoms with Crippen LogP contribution in [0.4, 0.5) is 4.39 Å². The van der Waals surface area contributed by atoms with Crippen molar-refractivity contribution in [2.24, 2.45) is 0 Å². The summed E-state index contributed by atoms with van der Waals surface area (Å²) in [7, 11) is 1.59. The molecule has 1 heterocycles. The molecule has 2 rings (SSSR count). The van der Waals surface area contributed by atoms with Gasteiger partial charge in [-0.3, -0.25) is 9.29 Å². The van der Waals surface area contributed by atoms with Gasteiger partial charge in [-0.2, -0.15) is 0 Å². The van der Waals surface area contributed by atoms with Crippen LogP contribution >= 0.6 is 0 Å². The molecule has 1 aromatic rings. The van der Waals surface area contributed by atoms with Crippen molar-refractivity contribution in [3.8, 4) is 11.5 Å². The topological polar surface area (TPSA) is 44.7 Å². The van der Waals surface area contributed by atoms with E-state index in [1.807, 2.05) is 0 Å². The summed E-state index contributed by atoms with van der Waals surface area (Å²) in [6.45, 7) is 3.12. The molecule has 0 bridgehead atoms. The highest BCUT2D eigenvalue weighted by molar-refractivity contribution is 5.41. The molecule has 1 saturated heterocycles. The number of rotatable bonds is 5. The molecule has 1 aromatic carbocycles. The van der Waals surface area contributed by atoms with Crippen molar-refractivity contribution in [3.63, 3.8) is 0 Å². The molecule has 0 amide bonds. The maximum absolute atomic E-state index is 12.8. The van der Waals surface area contributed by atoms with Crippen LogP contribution in [-0.2, 0) is 0 Å². The lowest BCUT2D eigenvalue weighted by atomic mass is 10.00. The largest absolute Gasteiger partial charge is 0.508 e. The van der Waals surface area contributed by atoms with Crippen molar-refractivity contribution < 1.29 is 14.2 Å². The Kier molecular flexibility index (Phi) is 4.99. The van der Waals surface area contributed by atoms with Crippen LogP contribution in [0.3, 0.4) is 0 Å². The first-order valence-electron chi connectivity index (χ1n) is 6.64. The third kappa shape index (κ3) is 3.36. The van der Waals surface area contributed by atoms with E-state index >= 15 is 0 Å². The summed E-state index contributed by atoms with van der Waals surface area (Å²) in [5.74, 6) is 0.893. The SMILES string of the molecule is COc1ccc(O)c([C@@H](CCF)N2CCNCC2)c1. The Hall–Kier alpha value is -1.33. The van der Waals surface area contributed by atoms with Gasteiger partial charge in [0.15, 0.2) is 0 Å². The predicted octanol–water partition coefficient (Wildman–Crippen LogP) is 1.71. The van der Waals surface area contributed by atoms with E-state index in [9.17, 15) is 9.50 Å². The third-order valence-corrected chi connectivity index (χ3v) is 3.57. The van der Waals surface area contributed by atoms with Crippen molar-refractivity contribution in [1.82, 2.24) is 10.2 Å². The van der Waals surface area contributed by atoms with E-state index in [1.54, 1.807) is 25.3 Å². The van der Waals surface area contributed by atoms with Gasteiger partial charge in [0.25, 0.3) is 0 Å². The maximum atomic E-state index is 12.8. The number of benzene rings is 1. The highest BCUT2D eigenvalue weighted by Crippen LogP contribution is 2.34. The molecular weight excluding hydrogens is 247 g/mol. The van der Waals surface area contributed by atoms with E-state index < -0.39 is 6.67 Å². The van der Waals surface area contributed by atoms with Crippen molar-refractivity contribution in [3.05, 3.63) is 23.8 Å². The van der Waals surface area contributed by atoms with Crippen molar-refractivity contribution in [2.75, 3.05) is 40.0 Å². The van der Waals surface area contributed by atoms with Gasteiger partial charge in [-0.1, -0.05) is 0 Å². The Bertz CT molecular complexity index is 408. The number of piperazine rings is 1. The second-order valence-electron chi connectivity index (χ2n) is 4.70. The summed E-state index contributed by atoms with van der Waals surface area (Å²) >= 11 is 0. The second kappa shape index (κ2) is 6.73. The summed E-state index contributed by atoms with van der Waals surface area (Å²) < 4.78 is 18.0. The minimum atomic E-state index is -0.398. The van der Waals surface area contributed by atoms with E-state index in [4.69, 9.17) is 4.74 Å². The molecule has 1 fully saturated rings. The minimum Gasteiger partial charge on any atom is -0.508 e. The Morgan fingerprint density at radius 2 is 2.16 bits per heavy atom. The number of phenolic OH excluding ortho intramolecular Hbond substituents is 1. The molecule has 2 N–H and O–H groups in total. The number of aromatic hydroxyl groups is 1. The fourth-order valence-electron chi connectivity index (χ4n) is 2.56. The maximum Gasteiger partial charge on any atom is 0.120 e. The Labute approximate surface area is 113 Å². The van der Waals surface area contributed by atoms with Gasteiger partial charge in [0, 0.05) is 37.8 Å². The van der Waals surface area contributed by atoms with Crippen molar-refractivity contribution in [1.29, 1.82) is 0 Å². The van der Waals surface area contributed by atoms with E-state index in [2.05, 4.69) is 10.2 Å². The lowest BCUT2D eigenvalue weighted by Gasteiger charge is -2.35. The molecule has 0 unspecified atom stereocenters. The van der Waals surface area contributed by atoms with Crippen LogP contribution in [0.25, 0.3) is 0 Å². The zero-order valence-electron chi connectivity index (χ0n) is 11.2. The molecular formula is C14H21FN2O2. The highest BCUT2D eigenvalue weighted by Gasteiger charge is 2.24. The van der Waals surface area contributed by atoms with E-state index in [-0.39, 0.29) is 11.8 Å². The number of methoxy groups -OCH3 is 1. The van der Waals surface area contributed by atoms with Gasteiger partial charge in [-0.15, -0.1) is 0 Å². The molecule has 19 heavy (non-hydrogen) atoms. The molecule has 5 heteroatoms. The summed E-state index contributed by atoms with van der Waals surface area (Å²) in [4.78, 5) is 2.21. The van der Waals surface area contributed by atoms with Gasteiger partial charge in [-0.05, 0) is 24.6 Å². The Morgan fingerprint density at radius 3 is 2.79 bits per heavy atom. The molecule has 106 valence electrons. The van der Waals surface area contributed by atoms with E-state index in [0.29, 0.717) is 12.2 Å². The van der Waals surface area contributed by atoms with Gasteiger partial charge in [0.2, 0.25) is 0 Å². The first-order valence-corrected chi connectivity index (χ1v) is 6.64.